The fourth-order valence-corrected chi connectivity index (χ4v) is 3.05. The first-order valence-corrected chi connectivity index (χ1v) is 9.18. The lowest BCUT2D eigenvalue weighted by Crippen LogP contribution is -2.13. The molecule has 3 aromatic rings. The molecule has 1 aliphatic heterocycles. The highest BCUT2D eigenvalue weighted by atomic mass is 16.5. The Hall–Kier alpha value is -3.35. The number of aromatic nitrogens is 1. The molecular formula is C21H20N2O5. The van der Waals surface area contributed by atoms with E-state index in [0.717, 1.165) is 6.42 Å². The van der Waals surface area contributed by atoms with Gasteiger partial charge in [0.15, 0.2) is 28.8 Å². The maximum atomic E-state index is 12.5. The summed E-state index contributed by atoms with van der Waals surface area (Å²) in [6, 6.07) is 10.4. The van der Waals surface area contributed by atoms with Gasteiger partial charge in [-0.25, -0.2) is 4.98 Å². The number of hydrogen-bond donors (Lipinski definition) is 1. The van der Waals surface area contributed by atoms with Gasteiger partial charge in [0.1, 0.15) is 5.52 Å². The van der Waals surface area contributed by atoms with Crippen molar-refractivity contribution in [3.05, 3.63) is 47.9 Å². The molecule has 0 aliphatic carbocycles. The molecular weight excluding hydrogens is 360 g/mol. The predicted octanol–water partition coefficient (Wildman–Crippen LogP) is 3.90. The van der Waals surface area contributed by atoms with Crippen LogP contribution in [0, 0.1) is 6.92 Å². The third-order valence-electron chi connectivity index (χ3n) is 4.43. The molecule has 0 bridgehead atoms. The Morgan fingerprint density at radius 1 is 1.04 bits per heavy atom. The van der Waals surface area contributed by atoms with Crippen molar-refractivity contribution >= 4 is 28.5 Å². The SMILES string of the molecule is Cc1nc2cc(NC(=O)CCC(=O)c3ccc4c(c3)OCCCO4)ccc2o1. The van der Waals surface area contributed by atoms with E-state index in [4.69, 9.17) is 13.9 Å². The summed E-state index contributed by atoms with van der Waals surface area (Å²) < 4.78 is 16.6. The molecule has 1 amide bonds. The first-order valence-electron chi connectivity index (χ1n) is 9.18. The Labute approximate surface area is 161 Å². The van der Waals surface area contributed by atoms with E-state index < -0.39 is 0 Å². The monoisotopic (exact) mass is 380 g/mol. The van der Waals surface area contributed by atoms with Gasteiger partial charge in [-0.3, -0.25) is 9.59 Å². The molecule has 144 valence electrons. The first kappa shape index (κ1) is 18.0. The van der Waals surface area contributed by atoms with Crippen LogP contribution in [0.15, 0.2) is 40.8 Å². The van der Waals surface area contributed by atoms with E-state index in [1.807, 2.05) is 0 Å². The number of hydrogen-bond acceptors (Lipinski definition) is 6. The molecule has 1 aliphatic rings. The second kappa shape index (κ2) is 7.72. The number of Topliss-reactive ketones (excluding diaryl/α,β-unsaturated/α-hetero) is 1. The molecule has 28 heavy (non-hydrogen) atoms. The van der Waals surface area contributed by atoms with Crippen LogP contribution in [-0.4, -0.2) is 29.9 Å². The number of fused-ring (bicyclic) bond motifs is 2. The van der Waals surface area contributed by atoms with Gasteiger partial charge in [0.25, 0.3) is 0 Å². The molecule has 0 saturated heterocycles. The van der Waals surface area contributed by atoms with Gasteiger partial charge in [-0.1, -0.05) is 0 Å². The zero-order chi connectivity index (χ0) is 19.5. The molecule has 0 saturated carbocycles. The number of carbonyl (C=O) groups excluding carboxylic acids is 2. The zero-order valence-corrected chi connectivity index (χ0v) is 15.5. The normalized spacial score (nSPS) is 13.2. The number of amides is 1. The number of rotatable bonds is 5. The van der Waals surface area contributed by atoms with Crippen LogP contribution in [0.3, 0.4) is 0 Å². The third kappa shape index (κ3) is 3.98. The predicted molar refractivity (Wildman–Crippen MR) is 103 cm³/mol. The van der Waals surface area contributed by atoms with Crippen molar-refractivity contribution in [2.24, 2.45) is 0 Å². The molecule has 2 aromatic carbocycles. The standard InChI is InChI=1S/C21H20N2O5/c1-13-22-16-12-15(4-7-18(16)28-13)23-21(25)8-5-17(24)14-3-6-19-20(11-14)27-10-2-9-26-19/h3-4,6-7,11-12H,2,5,8-10H2,1H3,(H,23,25). The summed E-state index contributed by atoms with van der Waals surface area (Å²) in [5.41, 5.74) is 2.48. The summed E-state index contributed by atoms with van der Waals surface area (Å²) in [6.45, 7) is 2.92. The molecule has 0 fully saturated rings. The Kier molecular flexibility index (Phi) is 4.97. The Morgan fingerprint density at radius 3 is 2.71 bits per heavy atom. The molecule has 1 N–H and O–H groups in total. The van der Waals surface area contributed by atoms with Gasteiger partial charge in [0.05, 0.1) is 13.2 Å². The zero-order valence-electron chi connectivity index (χ0n) is 15.5. The number of nitrogens with one attached hydrogen (secondary N) is 1. The second-order valence-corrected chi connectivity index (χ2v) is 6.60. The smallest absolute Gasteiger partial charge is 0.224 e. The van der Waals surface area contributed by atoms with Crippen LogP contribution < -0.4 is 14.8 Å². The summed E-state index contributed by atoms with van der Waals surface area (Å²) in [4.78, 5) is 28.9. The Balaban J connectivity index is 1.36. The number of oxazole rings is 1. The maximum Gasteiger partial charge on any atom is 0.224 e. The van der Waals surface area contributed by atoms with E-state index in [1.165, 1.54) is 0 Å². The summed E-state index contributed by atoms with van der Waals surface area (Å²) >= 11 is 0. The van der Waals surface area contributed by atoms with Gasteiger partial charge in [0, 0.05) is 37.4 Å². The van der Waals surface area contributed by atoms with Crippen LogP contribution in [0.5, 0.6) is 11.5 Å². The lowest BCUT2D eigenvalue weighted by molar-refractivity contribution is -0.116. The highest BCUT2D eigenvalue weighted by Crippen LogP contribution is 2.31. The second-order valence-electron chi connectivity index (χ2n) is 6.60. The minimum atomic E-state index is -0.234. The van der Waals surface area contributed by atoms with Crippen molar-refractivity contribution in [2.75, 3.05) is 18.5 Å². The van der Waals surface area contributed by atoms with Crippen LogP contribution >= 0.6 is 0 Å². The van der Waals surface area contributed by atoms with E-state index in [1.54, 1.807) is 43.3 Å². The number of benzene rings is 2. The van der Waals surface area contributed by atoms with Gasteiger partial charge < -0.3 is 19.2 Å². The van der Waals surface area contributed by atoms with Crippen molar-refractivity contribution < 1.29 is 23.5 Å². The topological polar surface area (TPSA) is 90.7 Å². The third-order valence-corrected chi connectivity index (χ3v) is 4.43. The molecule has 7 heteroatoms. The molecule has 4 rings (SSSR count). The average molecular weight is 380 g/mol. The van der Waals surface area contributed by atoms with Crippen LogP contribution in [-0.2, 0) is 4.79 Å². The van der Waals surface area contributed by atoms with Gasteiger partial charge in [-0.05, 0) is 36.4 Å². The van der Waals surface area contributed by atoms with Crippen molar-refractivity contribution in [3.8, 4) is 11.5 Å². The average Bonchev–Trinajstić information content (AvgIpc) is 2.90. The van der Waals surface area contributed by atoms with Crippen molar-refractivity contribution in [1.29, 1.82) is 0 Å². The summed E-state index contributed by atoms with van der Waals surface area (Å²) in [6.07, 6.45) is 0.998. The quantitative estimate of drug-likeness (QED) is 0.675. The molecule has 0 unspecified atom stereocenters. The van der Waals surface area contributed by atoms with Gasteiger partial charge in [-0.15, -0.1) is 0 Å². The molecule has 1 aromatic heterocycles. The van der Waals surface area contributed by atoms with Gasteiger partial charge in [-0.2, -0.15) is 0 Å². The van der Waals surface area contributed by atoms with Crippen molar-refractivity contribution in [3.63, 3.8) is 0 Å². The number of anilines is 1. The number of ether oxygens (including phenoxy) is 2. The Morgan fingerprint density at radius 2 is 1.86 bits per heavy atom. The summed E-state index contributed by atoms with van der Waals surface area (Å²) in [5.74, 6) is 1.43. The largest absolute Gasteiger partial charge is 0.490 e. The summed E-state index contributed by atoms with van der Waals surface area (Å²) in [7, 11) is 0. The van der Waals surface area contributed by atoms with Crippen LogP contribution in [0.2, 0.25) is 0 Å². The molecule has 0 atom stereocenters. The maximum absolute atomic E-state index is 12.5. The lowest BCUT2D eigenvalue weighted by Gasteiger charge is -2.09. The highest BCUT2D eigenvalue weighted by Gasteiger charge is 2.15. The first-order chi connectivity index (χ1) is 13.6. The number of nitrogens with zero attached hydrogens (tertiary/aromatic N) is 1. The molecule has 7 nitrogen and oxygen atoms in total. The molecule has 0 radical (unpaired) electrons. The Bertz CT molecular complexity index is 1040. The van der Waals surface area contributed by atoms with Crippen molar-refractivity contribution in [1.82, 2.24) is 4.98 Å². The van der Waals surface area contributed by atoms with Crippen LogP contribution in [0.4, 0.5) is 5.69 Å². The minimum Gasteiger partial charge on any atom is -0.490 e. The summed E-state index contributed by atoms with van der Waals surface area (Å²) in [5, 5.41) is 2.79. The van der Waals surface area contributed by atoms with Crippen LogP contribution in [0.1, 0.15) is 35.5 Å². The van der Waals surface area contributed by atoms with E-state index in [2.05, 4.69) is 10.3 Å². The van der Waals surface area contributed by atoms with E-state index in [-0.39, 0.29) is 24.5 Å². The van der Waals surface area contributed by atoms with Gasteiger partial charge >= 0.3 is 0 Å². The fraction of sp³-hybridized carbons (Fsp3) is 0.286. The molecule has 0 spiro atoms. The number of ketones is 1. The van der Waals surface area contributed by atoms with E-state index in [9.17, 15) is 9.59 Å². The lowest BCUT2D eigenvalue weighted by atomic mass is 10.1. The highest BCUT2D eigenvalue weighted by molar-refractivity contribution is 6.00. The van der Waals surface area contributed by atoms with Crippen molar-refractivity contribution in [2.45, 2.75) is 26.2 Å². The fourth-order valence-electron chi connectivity index (χ4n) is 3.05. The molecule has 2 heterocycles. The number of aryl methyl sites for hydroxylation is 1. The van der Waals surface area contributed by atoms with E-state index in [0.29, 0.717) is 53.0 Å². The van der Waals surface area contributed by atoms with Crippen LogP contribution in [0.25, 0.3) is 11.1 Å². The van der Waals surface area contributed by atoms with Gasteiger partial charge in [0.2, 0.25) is 5.91 Å². The number of carbonyl (C=O) groups is 2. The van der Waals surface area contributed by atoms with E-state index >= 15 is 0 Å². The minimum absolute atomic E-state index is 0.0865.